The summed E-state index contributed by atoms with van der Waals surface area (Å²) >= 11 is 0. The monoisotopic (exact) mass is 590 g/mol. The first-order chi connectivity index (χ1) is 19.5. The van der Waals surface area contributed by atoms with Crippen molar-refractivity contribution in [3.8, 4) is 0 Å². The minimum Gasteiger partial charge on any atom is -0.434 e. The summed E-state index contributed by atoms with van der Waals surface area (Å²) in [6.07, 6.45) is -3.47. The molecule has 1 aromatic rings. The Labute approximate surface area is 232 Å². The molecule has 0 spiro atoms. The Morgan fingerprint density at radius 3 is 2.20 bits per heavy atom. The van der Waals surface area contributed by atoms with Crippen molar-refractivity contribution in [2.24, 2.45) is 0 Å². The van der Waals surface area contributed by atoms with E-state index in [9.17, 15) is 44.7 Å². The third-order valence-corrected chi connectivity index (χ3v) is 4.93. The van der Waals surface area contributed by atoms with Crippen LogP contribution in [0.15, 0.2) is 30.3 Å². The molecule has 0 aromatic heterocycles. The summed E-state index contributed by atoms with van der Waals surface area (Å²) in [4.78, 5) is 80.3. The van der Waals surface area contributed by atoms with Gasteiger partial charge in [-0.25, -0.2) is 9.59 Å². The molecule has 41 heavy (non-hydrogen) atoms. The molecule has 1 N–H and O–H groups in total. The van der Waals surface area contributed by atoms with Crippen LogP contribution in [0.25, 0.3) is 0 Å². The summed E-state index contributed by atoms with van der Waals surface area (Å²) in [6, 6.07) is 7.48. The second kappa shape index (κ2) is 19.1. The molecule has 3 unspecified atom stereocenters. The zero-order valence-corrected chi connectivity index (χ0v) is 21.9. The molecule has 3 atom stereocenters. The lowest BCUT2D eigenvalue weighted by Crippen LogP contribution is -2.44. The molecule has 0 aliphatic rings. The van der Waals surface area contributed by atoms with E-state index < -0.39 is 58.3 Å². The maximum Gasteiger partial charge on any atom is 0.511 e. The summed E-state index contributed by atoms with van der Waals surface area (Å²) in [5, 5.41) is 30.2. The molecule has 0 saturated heterocycles. The summed E-state index contributed by atoms with van der Waals surface area (Å²) in [5.41, 5.74) is 0.690. The predicted octanol–water partition coefficient (Wildman–Crippen LogP) is 1.70. The zero-order chi connectivity index (χ0) is 30.6. The van der Waals surface area contributed by atoms with Crippen molar-refractivity contribution in [2.45, 2.75) is 63.9 Å². The molecule has 0 aliphatic heterocycles. The van der Waals surface area contributed by atoms with Crippen molar-refractivity contribution < 1.29 is 58.4 Å². The van der Waals surface area contributed by atoms with Crippen LogP contribution in [0.4, 0.5) is 4.79 Å². The van der Waals surface area contributed by atoms with Crippen LogP contribution in [0.5, 0.6) is 0 Å². The van der Waals surface area contributed by atoms with Gasteiger partial charge >= 0.3 is 12.1 Å². The summed E-state index contributed by atoms with van der Waals surface area (Å²) in [5.74, 6) is -1.50. The molecule has 1 aromatic carbocycles. The van der Waals surface area contributed by atoms with E-state index in [0.717, 1.165) is 0 Å². The number of benzene rings is 1. The van der Waals surface area contributed by atoms with Gasteiger partial charge in [-0.05, 0) is 31.2 Å². The van der Waals surface area contributed by atoms with Crippen molar-refractivity contribution in [1.82, 2.24) is 5.32 Å². The number of hydrogen-bond donors (Lipinski definition) is 1. The number of ether oxygens (including phenoxy) is 3. The second-order valence-corrected chi connectivity index (χ2v) is 8.16. The minimum atomic E-state index is -1.41. The molecule has 0 saturated carbocycles. The van der Waals surface area contributed by atoms with Gasteiger partial charge in [0.1, 0.15) is 18.8 Å². The van der Waals surface area contributed by atoms with Crippen LogP contribution < -0.4 is 5.32 Å². The van der Waals surface area contributed by atoms with Gasteiger partial charge in [-0.2, -0.15) is 0 Å². The molecule has 228 valence electrons. The van der Waals surface area contributed by atoms with E-state index in [2.05, 4.69) is 19.8 Å². The van der Waals surface area contributed by atoms with Gasteiger partial charge in [-0.15, -0.1) is 30.3 Å². The highest BCUT2D eigenvalue weighted by molar-refractivity contribution is 5.84. The van der Waals surface area contributed by atoms with E-state index in [1.54, 1.807) is 30.3 Å². The van der Waals surface area contributed by atoms with Crippen LogP contribution in [0.1, 0.15) is 44.6 Å². The first kappa shape index (κ1) is 34.1. The Kier molecular flexibility index (Phi) is 15.9. The van der Waals surface area contributed by atoms with Crippen LogP contribution in [0.2, 0.25) is 0 Å². The lowest BCUT2D eigenvalue weighted by Gasteiger charge is -2.20. The lowest BCUT2D eigenvalue weighted by atomic mass is 10.1. The Hall–Kier alpha value is -4.97. The molecule has 1 amide bonds. The second-order valence-electron chi connectivity index (χ2n) is 8.16. The number of nitrogens with zero attached hydrogens (tertiary/aromatic N) is 3. The molecule has 0 heterocycles. The topological polar surface area (TPSA) is 248 Å². The Morgan fingerprint density at radius 2 is 1.56 bits per heavy atom. The number of amides is 1. The lowest BCUT2D eigenvalue weighted by molar-refractivity contribution is -0.790. The molecular weight excluding hydrogens is 560 g/mol. The number of hydrogen-bond acceptors (Lipinski definition) is 15. The number of carbonyl (C=O) groups excluding carboxylic acids is 3. The summed E-state index contributed by atoms with van der Waals surface area (Å²) < 4.78 is 14.8. The van der Waals surface area contributed by atoms with Gasteiger partial charge < -0.3 is 34.0 Å². The van der Waals surface area contributed by atoms with Crippen molar-refractivity contribution in [1.29, 1.82) is 0 Å². The average molecular weight is 590 g/mol. The first-order valence-electron chi connectivity index (χ1n) is 12.2. The molecule has 1 rings (SSSR count). The summed E-state index contributed by atoms with van der Waals surface area (Å²) in [6.45, 7) is 0.101. The van der Waals surface area contributed by atoms with Crippen LogP contribution in [0.3, 0.4) is 0 Å². The van der Waals surface area contributed by atoms with Gasteiger partial charge in [-0.3, -0.25) is 4.79 Å². The van der Waals surface area contributed by atoms with Crippen molar-refractivity contribution >= 4 is 18.0 Å². The van der Waals surface area contributed by atoms with Gasteiger partial charge in [0.15, 0.2) is 0 Å². The van der Waals surface area contributed by atoms with Gasteiger partial charge in [0.05, 0.1) is 13.2 Å². The van der Waals surface area contributed by atoms with Crippen LogP contribution >= 0.6 is 0 Å². The smallest absolute Gasteiger partial charge is 0.434 e. The minimum absolute atomic E-state index is 0.00147. The van der Waals surface area contributed by atoms with E-state index in [-0.39, 0.29) is 51.7 Å². The number of rotatable bonds is 21. The Morgan fingerprint density at radius 1 is 0.878 bits per heavy atom. The van der Waals surface area contributed by atoms with Gasteiger partial charge in [0.25, 0.3) is 15.3 Å². The van der Waals surface area contributed by atoms with E-state index in [4.69, 9.17) is 14.2 Å². The molecule has 0 fully saturated rings. The number of unbranched alkanes of at least 4 members (excludes halogenated alkanes) is 1. The fourth-order valence-electron chi connectivity index (χ4n) is 3.18. The molecular formula is C22H30N4O15. The number of carbonyl (C=O) groups is 3. The van der Waals surface area contributed by atoms with E-state index in [1.807, 2.05) is 0 Å². The third kappa shape index (κ3) is 17.3. The molecule has 19 heteroatoms. The van der Waals surface area contributed by atoms with E-state index in [1.165, 1.54) is 6.92 Å². The highest BCUT2D eigenvalue weighted by Gasteiger charge is 2.26. The average Bonchev–Trinajstić information content (AvgIpc) is 2.89. The van der Waals surface area contributed by atoms with E-state index >= 15 is 0 Å². The standard InChI is InChI=1S/C22H30N4O15/c1-16(40-22(29)36-12-6-5-10-18(41-26(34)35)15-38-25(32)33)39-21(28)19(14-17-8-3-2-4-9-17)23-20(27)11-7-13-37-24(30)31/h2-4,8-9,16,18-19H,5-7,10-15H2,1H3,(H,23,27). The molecule has 0 radical (unpaired) electrons. The quantitative estimate of drug-likeness (QED) is 0.0703. The maximum atomic E-state index is 12.7. The predicted molar refractivity (Wildman–Crippen MR) is 131 cm³/mol. The Bertz CT molecular complexity index is 1010. The number of nitrogens with one attached hydrogen (secondary N) is 1. The van der Waals surface area contributed by atoms with Gasteiger partial charge in [-0.1, -0.05) is 30.3 Å². The molecule has 0 bridgehead atoms. The fraction of sp³-hybridized carbons (Fsp3) is 0.591. The maximum absolute atomic E-state index is 12.7. The van der Waals surface area contributed by atoms with Crippen molar-refractivity contribution in [3.63, 3.8) is 0 Å². The highest BCUT2D eigenvalue weighted by atomic mass is 17.0. The highest BCUT2D eigenvalue weighted by Crippen LogP contribution is 2.10. The first-order valence-corrected chi connectivity index (χ1v) is 12.2. The molecule has 19 nitrogen and oxygen atoms in total. The fourth-order valence-corrected chi connectivity index (χ4v) is 3.18. The Balaban J connectivity index is 2.50. The van der Waals surface area contributed by atoms with Crippen LogP contribution in [0, 0.1) is 30.3 Å². The zero-order valence-electron chi connectivity index (χ0n) is 21.9. The van der Waals surface area contributed by atoms with Gasteiger partial charge in [0.2, 0.25) is 12.2 Å². The third-order valence-electron chi connectivity index (χ3n) is 4.93. The summed E-state index contributed by atoms with van der Waals surface area (Å²) in [7, 11) is 0. The number of esters is 1. The van der Waals surface area contributed by atoms with Gasteiger partial charge in [0, 0.05) is 19.8 Å². The normalized spacial score (nSPS) is 12.5. The van der Waals surface area contributed by atoms with Crippen LogP contribution in [-0.4, -0.2) is 71.5 Å². The van der Waals surface area contributed by atoms with Crippen molar-refractivity contribution in [3.05, 3.63) is 66.2 Å². The van der Waals surface area contributed by atoms with E-state index in [0.29, 0.717) is 5.56 Å². The largest absolute Gasteiger partial charge is 0.511 e. The molecule has 0 aliphatic carbocycles. The SMILES string of the molecule is CC(OC(=O)OCCCCC(CO[N+](=O)[O-])O[N+](=O)[O-])OC(=O)C(Cc1ccccc1)NC(=O)CCCO[N+](=O)[O-]. The van der Waals surface area contributed by atoms with Crippen LogP contribution in [-0.2, 0) is 44.7 Å². The van der Waals surface area contributed by atoms with Crippen molar-refractivity contribution in [2.75, 3.05) is 19.8 Å².